The van der Waals surface area contributed by atoms with Gasteiger partial charge in [-0.25, -0.2) is 4.98 Å². The van der Waals surface area contributed by atoms with Crippen LogP contribution in [0.4, 0.5) is 11.5 Å². The number of carbonyl (C=O) groups is 2. The number of nitrogens with one attached hydrogen (secondary N) is 2. The van der Waals surface area contributed by atoms with Crippen LogP contribution in [-0.4, -0.2) is 41.7 Å². The highest BCUT2D eigenvalue weighted by Crippen LogP contribution is 2.20. The van der Waals surface area contributed by atoms with Gasteiger partial charge in [0.05, 0.1) is 23.7 Å². The molecule has 1 aliphatic heterocycles. The second-order valence-electron chi connectivity index (χ2n) is 6.10. The second kappa shape index (κ2) is 8.71. The number of nitrogens with zero attached hydrogens (tertiary/aromatic N) is 2. The molecule has 3 rings (SSSR count). The highest BCUT2D eigenvalue weighted by atomic mass is 32.2. The number of thioether (sulfide) groups is 1. The highest BCUT2D eigenvalue weighted by molar-refractivity contribution is 7.99. The zero-order chi connectivity index (χ0) is 18.4. The first kappa shape index (κ1) is 18.3. The molecule has 2 amide bonds. The number of aromatic nitrogens is 1. The predicted octanol–water partition coefficient (Wildman–Crippen LogP) is 2.28. The topological polar surface area (TPSA) is 74.3 Å². The SMILES string of the molecule is CC(SCc1ccccc1)C(=O)Nc1ccc(N2CCNC(=O)C2)nc1. The summed E-state index contributed by atoms with van der Waals surface area (Å²) in [5.74, 6) is 1.49. The summed E-state index contributed by atoms with van der Waals surface area (Å²) in [6, 6.07) is 13.7. The van der Waals surface area contributed by atoms with Crippen molar-refractivity contribution in [3.63, 3.8) is 0 Å². The second-order valence-corrected chi connectivity index (χ2v) is 7.43. The van der Waals surface area contributed by atoms with Gasteiger partial charge in [-0.1, -0.05) is 30.3 Å². The average Bonchev–Trinajstić information content (AvgIpc) is 2.67. The first-order valence-corrected chi connectivity index (χ1v) is 9.61. The third-order valence-electron chi connectivity index (χ3n) is 4.09. The van der Waals surface area contributed by atoms with Gasteiger partial charge >= 0.3 is 0 Å². The lowest BCUT2D eigenvalue weighted by atomic mass is 10.2. The molecule has 0 spiro atoms. The van der Waals surface area contributed by atoms with Gasteiger partial charge in [0.25, 0.3) is 0 Å². The van der Waals surface area contributed by atoms with E-state index in [0.29, 0.717) is 18.8 Å². The van der Waals surface area contributed by atoms with Crippen LogP contribution in [0.25, 0.3) is 0 Å². The fourth-order valence-corrected chi connectivity index (χ4v) is 3.44. The smallest absolute Gasteiger partial charge is 0.239 e. The molecule has 26 heavy (non-hydrogen) atoms. The summed E-state index contributed by atoms with van der Waals surface area (Å²) in [4.78, 5) is 30.1. The number of amides is 2. The van der Waals surface area contributed by atoms with Crippen LogP contribution in [0.3, 0.4) is 0 Å². The normalized spacial score (nSPS) is 15.3. The predicted molar refractivity (Wildman–Crippen MR) is 105 cm³/mol. The number of carbonyl (C=O) groups excluding carboxylic acids is 2. The number of rotatable bonds is 6. The van der Waals surface area contributed by atoms with Crippen LogP contribution in [0.2, 0.25) is 0 Å². The molecule has 1 saturated heterocycles. The van der Waals surface area contributed by atoms with Crippen LogP contribution >= 0.6 is 11.8 Å². The van der Waals surface area contributed by atoms with Crippen molar-refractivity contribution in [2.45, 2.75) is 17.9 Å². The monoisotopic (exact) mass is 370 g/mol. The van der Waals surface area contributed by atoms with Crippen molar-refractivity contribution < 1.29 is 9.59 Å². The van der Waals surface area contributed by atoms with Gasteiger partial charge in [-0.05, 0) is 24.6 Å². The van der Waals surface area contributed by atoms with Gasteiger partial charge in [0, 0.05) is 18.8 Å². The molecule has 1 fully saturated rings. The zero-order valence-electron chi connectivity index (χ0n) is 14.6. The third-order valence-corrected chi connectivity index (χ3v) is 5.30. The van der Waals surface area contributed by atoms with E-state index < -0.39 is 0 Å². The van der Waals surface area contributed by atoms with Gasteiger partial charge in [0.15, 0.2) is 0 Å². The minimum Gasteiger partial charge on any atom is -0.353 e. The van der Waals surface area contributed by atoms with Gasteiger partial charge in [0.2, 0.25) is 11.8 Å². The van der Waals surface area contributed by atoms with E-state index in [1.807, 2.05) is 42.2 Å². The van der Waals surface area contributed by atoms with E-state index in [4.69, 9.17) is 0 Å². The molecular weight excluding hydrogens is 348 g/mol. The molecule has 0 aliphatic carbocycles. The number of benzene rings is 1. The molecule has 1 aromatic carbocycles. The first-order valence-electron chi connectivity index (χ1n) is 8.56. The molecule has 1 unspecified atom stereocenters. The summed E-state index contributed by atoms with van der Waals surface area (Å²) in [7, 11) is 0. The summed E-state index contributed by atoms with van der Waals surface area (Å²) in [5.41, 5.74) is 1.86. The van der Waals surface area contributed by atoms with Crippen molar-refractivity contribution >= 4 is 35.1 Å². The largest absolute Gasteiger partial charge is 0.353 e. The average molecular weight is 370 g/mol. The molecule has 1 atom stereocenters. The highest BCUT2D eigenvalue weighted by Gasteiger charge is 2.18. The standard InChI is InChI=1S/C19H22N4O2S/c1-14(26-13-15-5-3-2-4-6-15)19(25)22-16-7-8-17(21-11-16)23-10-9-20-18(24)12-23/h2-8,11,14H,9-10,12-13H2,1H3,(H,20,24)(H,22,25). The molecule has 1 aliphatic rings. The molecule has 6 nitrogen and oxygen atoms in total. The molecule has 2 N–H and O–H groups in total. The van der Waals surface area contributed by atoms with E-state index in [9.17, 15) is 9.59 Å². The Hall–Kier alpha value is -2.54. The Labute approximate surface area is 157 Å². The Bertz CT molecular complexity index is 752. The van der Waals surface area contributed by atoms with E-state index in [1.54, 1.807) is 18.0 Å². The molecule has 0 saturated carbocycles. The van der Waals surface area contributed by atoms with Crippen molar-refractivity contribution in [3.8, 4) is 0 Å². The lowest BCUT2D eigenvalue weighted by Gasteiger charge is -2.27. The molecule has 2 aromatic rings. The fourth-order valence-electron chi connectivity index (χ4n) is 2.60. The summed E-state index contributed by atoms with van der Waals surface area (Å²) in [6.45, 7) is 3.57. The Kier molecular flexibility index (Phi) is 6.12. The molecule has 136 valence electrons. The number of hydrogen-bond donors (Lipinski definition) is 2. The van der Waals surface area contributed by atoms with Gasteiger partial charge < -0.3 is 15.5 Å². The third kappa shape index (κ3) is 4.98. The van der Waals surface area contributed by atoms with Crippen LogP contribution in [0, 0.1) is 0 Å². The molecule has 0 bridgehead atoms. The fraction of sp³-hybridized carbons (Fsp3) is 0.316. The van der Waals surface area contributed by atoms with Crippen molar-refractivity contribution in [3.05, 3.63) is 54.2 Å². The lowest BCUT2D eigenvalue weighted by molar-refractivity contribution is -0.120. The number of pyridine rings is 1. The minimum atomic E-state index is -0.166. The molecule has 2 heterocycles. The van der Waals surface area contributed by atoms with Crippen molar-refractivity contribution in [2.75, 3.05) is 29.9 Å². The summed E-state index contributed by atoms with van der Waals surface area (Å²) in [6.07, 6.45) is 1.63. The number of piperazine rings is 1. The van der Waals surface area contributed by atoms with E-state index in [2.05, 4.69) is 27.8 Å². The van der Waals surface area contributed by atoms with Crippen molar-refractivity contribution in [1.82, 2.24) is 10.3 Å². The van der Waals surface area contributed by atoms with E-state index in [1.165, 1.54) is 5.56 Å². The van der Waals surface area contributed by atoms with Crippen molar-refractivity contribution in [1.29, 1.82) is 0 Å². The van der Waals surface area contributed by atoms with E-state index in [0.717, 1.165) is 18.1 Å². The van der Waals surface area contributed by atoms with Gasteiger partial charge in [-0.2, -0.15) is 0 Å². The molecular formula is C19H22N4O2S. The first-order chi connectivity index (χ1) is 12.6. The van der Waals surface area contributed by atoms with Gasteiger partial charge in [-0.3, -0.25) is 9.59 Å². The quantitative estimate of drug-likeness (QED) is 0.816. The maximum absolute atomic E-state index is 12.3. The minimum absolute atomic E-state index is 0.000282. The van der Waals surface area contributed by atoms with E-state index >= 15 is 0 Å². The summed E-state index contributed by atoms with van der Waals surface area (Å²) >= 11 is 1.60. The number of hydrogen-bond acceptors (Lipinski definition) is 5. The Morgan fingerprint density at radius 1 is 1.31 bits per heavy atom. The van der Waals surface area contributed by atoms with Crippen LogP contribution < -0.4 is 15.5 Å². The Morgan fingerprint density at radius 2 is 2.12 bits per heavy atom. The van der Waals surface area contributed by atoms with Crippen LogP contribution in [0.5, 0.6) is 0 Å². The van der Waals surface area contributed by atoms with Gasteiger partial charge in [-0.15, -0.1) is 11.8 Å². The van der Waals surface area contributed by atoms with Gasteiger partial charge in [0.1, 0.15) is 5.82 Å². The molecule has 1 aromatic heterocycles. The zero-order valence-corrected chi connectivity index (χ0v) is 15.5. The van der Waals surface area contributed by atoms with E-state index in [-0.39, 0.29) is 17.1 Å². The molecule has 0 radical (unpaired) electrons. The maximum atomic E-state index is 12.3. The molecule has 7 heteroatoms. The Morgan fingerprint density at radius 3 is 2.81 bits per heavy atom. The van der Waals surface area contributed by atoms with Crippen LogP contribution in [-0.2, 0) is 15.3 Å². The Balaban J connectivity index is 1.51. The van der Waals surface area contributed by atoms with Crippen LogP contribution in [0.15, 0.2) is 48.7 Å². The van der Waals surface area contributed by atoms with Crippen molar-refractivity contribution in [2.24, 2.45) is 0 Å². The summed E-state index contributed by atoms with van der Waals surface area (Å²) in [5, 5.41) is 5.52. The maximum Gasteiger partial charge on any atom is 0.239 e. The number of anilines is 2. The van der Waals surface area contributed by atoms with Crippen LogP contribution in [0.1, 0.15) is 12.5 Å². The lowest BCUT2D eigenvalue weighted by Crippen LogP contribution is -2.48. The summed E-state index contributed by atoms with van der Waals surface area (Å²) < 4.78 is 0.